The molecule has 5 heteroatoms. The van der Waals surface area contributed by atoms with Crippen LogP contribution in [0.15, 0.2) is 30.6 Å². The van der Waals surface area contributed by atoms with E-state index in [2.05, 4.69) is 48.2 Å². The number of hydrogen-bond donors (Lipinski definition) is 1. The van der Waals surface area contributed by atoms with Crippen molar-refractivity contribution in [1.29, 1.82) is 0 Å². The minimum Gasteiger partial charge on any atom is -0.362 e. The molecule has 1 aliphatic heterocycles. The van der Waals surface area contributed by atoms with Gasteiger partial charge in [-0.25, -0.2) is 4.98 Å². The van der Waals surface area contributed by atoms with E-state index in [1.165, 1.54) is 5.56 Å². The summed E-state index contributed by atoms with van der Waals surface area (Å²) in [5.41, 5.74) is 4.19. The van der Waals surface area contributed by atoms with Crippen molar-refractivity contribution in [3.63, 3.8) is 0 Å². The van der Waals surface area contributed by atoms with Crippen LogP contribution < -0.4 is 10.2 Å². The molecule has 1 amide bonds. The van der Waals surface area contributed by atoms with Gasteiger partial charge in [0.15, 0.2) is 0 Å². The molecule has 0 saturated carbocycles. The highest BCUT2D eigenvalue weighted by molar-refractivity contribution is 5.94. The van der Waals surface area contributed by atoms with Crippen molar-refractivity contribution in [3.05, 3.63) is 47.4 Å². The first-order chi connectivity index (χ1) is 11.4. The van der Waals surface area contributed by atoms with Crippen molar-refractivity contribution in [2.45, 2.75) is 46.7 Å². The zero-order valence-corrected chi connectivity index (χ0v) is 14.9. The first kappa shape index (κ1) is 16.4. The predicted octanol–water partition coefficient (Wildman–Crippen LogP) is 3.64. The molecule has 24 heavy (non-hydrogen) atoms. The highest BCUT2D eigenvalue weighted by atomic mass is 16.2. The Morgan fingerprint density at radius 3 is 2.54 bits per heavy atom. The summed E-state index contributed by atoms with van der Waals surface area (Å²) in [7, 11) is 0. The number of benzene rings is 1. The third-order valence-corrected chi connectivity index (χ3v) is 4.90. The van der Waals surface area contributed by atoms with Gasteiger partial charge in [0.05, 0.1) is 24.1 Å². The monoisotopic (exact) mass is 324 g/mol. The Bertz CT molecular complexity index is 756. The summed E-state index contributed by atoms with van der Waals surface area (Å²) in [5, 5.41) is 3.52. The largest absolute Gasteiger partial charge is 0.362 e. The molecule has 1 aromatic heterocycles. The lowest BCUT2D eigenvalue weighted by Crippen LogP contribution is -2.48. The van der Waals surface area contributed by atoms with Gasteiger partial charge in [0.1, 0.15) is 5.82 Å². The van der Waals surface area contributed by atoms with Gasteiger partial charge in [-0.05, 0) is 32.4 Å². The van der Waals surface area contributed by atoms with Gasteiger partial charge in [0.25, 0.3) is 0 Å². The molecule has 0 fully saturated rings. The van der Waals surface area contributed by atoms with Crippen LogP contribution in [0.25, 0.3) is 0 Å². The van der Waals surface area contributed by atoms with Gasteiger partial charge in [-0.15, -0.1) is 0 Å². The molecule has 0 aliphatic carbocycles. The van der Waals surface area contributed by atoms with Crippen LogP contribution in [-0.2, 0) is 4.79 Å². The summed E-state index contributed by atoms with van der Waals surface area (Å²) in [6, 6.07) is 6.45. The van der Waals surface area contributed by atoms with Crippen LogP contribution in [0.3, 0.4) is 0 Å². The van der Waals surface area contributed by atoms with Gasteiger partial charge in [0, 0.05) is 24.6 Å². The molecule has 126 valence electrons. The first-order valence-electron chi connectivity index (χ1n) is 8.34. The molecule has 5 nitrogen and oxygen atoms in total. The van der Waals surface area contributed by atoms with E-state index in [1.54, 1.807) is 19.3 Å². The van der Waals surface area contributed by atoms with Crippen molar-refractivity contribution >= 4 is 17.4 Å². The second-order valence-electron chi connectivity index (χ2n) is 6.72. The second-order valence-corrected chi connectivity index (χ2v) is 6.72. The number of fused-ring (bicyclic) bond motifs is 1. The number of carbonyl (C=O) groups is 1. The number of aryl methyl sites for hydroxylation is 2. The van der Waals surface area contributed by atoms with Crippen LogP contribution >= 0.6 is 0 Å². The fourth-order valence-corrected chi connectivity index (χ4v) is 3.45. The number of anilines is 2. The molecule has 0 bridgehead atoms. The molecule has 1 N–H and O–H groups in total. The molecule has 2 heterocycles. The standard InChI is InChI=1S/C19H24N4O/c1-11-6-7-17-16(8-11)19(13(3)14(4)23(17)15(5)24)22-18-10-20-12(2)9-21-18/h6-10,13-14,19H,1-5H3,(H,21,22)/t13-,14-,19?/m0/s1. The summed E-state index contributed by atoms with van der Waals surface area (Å²) < 4.78 is 0. The molecule has 2 aromatic rings. The lowest BCUT2D eigenvalue weighted by Gasteiger charge is -2.44. The maximum atomic E-state index is 12.2. The van der Waals surface area contributed by atoms with E-state index in [9.17, 15) is 4.79 Å². The average Bonchev–Trinajstić information content (AvgIpc) is 2.54. The van der Waals surface area contributed by atoms with Crippen molar-refractivity contribution in [3.8, 4) is 0 Å². The zero-order valence-electron chi connectivity index (χ0n) is 14.9. The van der Waals surface area contributed by atoms with Gasteiger partial charge in [0.2, 0.25) is 5.91 Å². The topological polar surface area (TPSA) is 58.1 Å². The summed E-state index contributed by atoms with van der Waals surface area (Å²) in [6.45, 7) is 9.90. The molecule has 0 radical (unpaired) electrons. The molecule has 1 aliphatic rings. The Balaban J connectivity index is 2.05. The number of hydrogen-bond acceptors (Lipinski definition) is 4. The van der Waals surface area contributed by atoms with Crippen LogP contribution in [-0.4, -0.2) is 21.9 Å². The normalized spacial score (nSPS) is 22.9. The summed E-state index contributed by atoms with van der Waals surface area (Å²) in [4.78, 5) is 22.8. The fraction of sp³-hybridized carbons (Fsp3) is 0.421. The summed E-state index contributed by atoms with van der Waals surface area (Å²) in [6.07, 6.45) is 3.53. The van der Waals surface area contributed by atoms with Crippen molar-refractivity contribution in [2.75, 3.05) is 10.2 Å². The van der Waals surface area contributed by atoms with Crippen LogP contribution in [0.5, 0.6) is 0 Å². The molecule has 0 spiro atoms. The van der Waals surface area contributed by atoms with Gasteiger partial charge in [-0.2, -0.15) is 0 Å². The van der Waals surface area contributed by atoms with E-state index < -0.39 is 0 Å². The summed E-state index contributed by atoms with van der Waals surface area (Å²) >= 11 is 0. The Hall–Kier alpha value is -2.43. The minimum atomic E-state index is 0.0769. The Morgan fingerprint density at radius 1 is 1.17 bits per heavy atom. The van der Waals surface area contributed by atoms with Crippen LogP contribution in [0.1, 0.15) is 43.6 Å². The van der Waals surface area contributed by atoms with Gasteiger partial charge in [-0.1, -0.05) is 24.6 Å². The Kier molecular flexibility index (Phi) is 4.26. The maximum Gasteiger partial charge on any atom is 0.224 e. The average molecular weight is 324 g/mol. The molecular weight excluding hydrogens is 300 g/mol. The van der Waals surface area contributed by atoms with Crippen LogP contribution in [0.2, 0.25) is 0 Å². The van der Waals surface area contributed by atoms with Crippen molar-refractivity contribution < 1.29 is 4.79 Å². The minimum absolute atomic E-state index is 0.0769. The molecule has 3 rings (SSSR count). The van der Waals surface area contributed by atoms with Crippen LogP contribution in [0, 0.1) is 19.8 Å². The number of nitrogens with one attached hydrogen (secondary N) is 1. The number of amides is 1. The van der Waals surface area contributed by atoms with Gasteiger partial charge >= 0.3 is 0 Å². The van der Waals surface area contributed by atoms with E-state index >= 15 is 0 Å². The number of aromatic nitrogens is 2. The van der Waals surface area contributed by atoms with Gasteiger partial charge in [-0.3, -0.25) is 9.78 Å². The quantitative estimate of drug-likeness (QED) is 0.916. The first-order valence-corrected chi connectivity index (χ1v) is 8.34. The number of carbonyl (C=O) groups excluding carboxylic acids is 1. The van der Waals surface area contributed by atoms with Crippen molar-refractivity contribution in [2.24, 2.45) is 5.92 Å². The fourth-order valence-electron chi connectivity index (χ4n) is 3.45. The molecule has 3 atom stereocenters. The van der Waals surface area contributed by atoms with E-state index in [0.717, 1.165) is 22.8 Å². The number of rotatable bonds is 2. The lowest BCUT2D eigenvalue weighted by atomic mass is 9.82. The van der Waals surface area contributed by atoms with Crippen LogP contribution in [0.4, 0.5) is 11.5 Å². The third kappa shape index (κ3) is 2.86. The Morgan fingerprint density at radius 2 is 1.92 bits per heavy atom. The smallest absolute Gasteiger partial charge is 0.224 e. The van der Waals surface area contributed by atoms with E-state index in [0.29, 0.717) is 0 Å². The molecule has 1 aromatic carbocycles. The van der Waals surface area contributed by atoms with E-state index in [1.807, 2.05) is 17.9 Å². The highest BCUT2D eigenvalue weighted by Crippen LogP contribution is 2.42. The number of nitrogens with zero attached hydrogens (tertiary/aromatic N) is 3. The van der Waals surface area contributed by atoms with E-state index in [4.69, 9.17) is 0 Å². The predicted molar refractivity (Wildman–Crippen MR) is 96.1 cm³/mol. The second kappa shape index (κ2) is 6.23. The lowest BCUT2D eigenvalue weighted by molar-refractivity contribution is -0.117. The third-order valence-electron chi connectivity index (χ3n) is 4.90. The molecule has 0 saturated heterocycles. The molecular formula is C19H24N4O. The van der Waals surface area contributed by atoms with Crippen molar-refractivity contribution in [1.82, 2.24) is 9.97 Å². The van der Waals surface area contributed by atoms with E-state index in [-0.39, 0.29) is 23.9 Å². The molecule has 1 unspecified atom stereocenters. The van der Waals surface area contributed by atoms with Gasteiger partial charge < -0.3 is 10.2 Å². The Labute approximate surface area is 143 Å². The SMILES string of the molecule is CC(=O)N1c2ccc(C)cc2C(Nc2cnc(C)cn2)[C@@H](C)[C@@H]1C. The summed E-state index contributed by atoms with van der Waals surface area (Å²) in [5.74, 6) is 1.08. The maximum absolute atomic E-state index is 12.2. The zero-order chi connectivity index (χ0) is 17.4. The highest BCUT2D eigenvalue weighted by Gasteiger charge is 2.38.